The highest BCUT2D eigenvalue weighted by Crippen LogP contribution is 2.22. The van der Waals surface area contributed by atoms with Gasteiger partial charge in [-0.05, 0) is 0 Å². The van der Waals surface area contributed by atoms with Gasteiger partial charge in [-0.2, -0.15) is 13.2 Å². The van der Waals surface area contributed by atoms with E-state index in [0.29, 0.717) is 0 Å². The number of hydrogen-bond acceptors (Lipinski definition) is 3. The highest BCUT2D eigenvalue weighted by atomic mass is 35.5. The molecule has 0 aromatic rings. The zero-order chi connectivity index (χ0) is 10.6. The van der Waals surface area contributed by atoms with E-state index in [4.69, 9.17) is 17.0 Å². The van der Waals surface area contributed by atoms with Crippen molar-refractivity contribution < 1.29 is 18.0 Å². The van der Waals surface area contributed by atoms with Gasteiger partial charge in [-0.25, -0.2) is 0 Å². The second kappa shape index (κ2) is 4.27. The summed E-state index contributed by atoms with van der Waals surface area (Å²) in [6.07, 6.45) is -4.41. The molecule has 0 heterocycles. The quantitative estimate of drug-likeness (QED) is 0.552. The molecule has 0 spiro atoms. The first-order valence-corrected chi connectivity index (χ1v) is 3.42. The fourth-order valence-corrected chi connectivity index (χ4v) is 0.545. The number of carbonyl (C=O) groups is 1. The Balaban J connectivity index is 4.78. The van der Waals surface area contributed by atoms with E-state index in [1.54, 1.807) is 5.32 Å². The minimum atomic E-state index is -4.64. The lowest BCUT2D eigenvalue weighted by atomic mass is 10.3. The second-order valence-corrected chi connectivity index (χ2v) is 2.36. The third-order valence-electron chi connectivity index (χ3n) is 1.07. The Hall–Kier alpha value is -1.04. The average molecular weight is 215 g/mol. The van der Waals surface area contributed by atoms with Gasteiger partial charge in [0, 0.05) is 13.1 Å². The third-order valence-corrected chi connectivity index (χ3v) is 1.25. The van der Waals surface area contributed by atoms with Gasteiger partial charge in [-0.15, -0.1) is 0 Å². The second-order valence-electron chi connectivity index (χ2n) is 1.98. The zero-order valence-electron chi connectivity index (χ0n) is 6.50. The van der Waals surface area contributed by atoms with Crippen molar-refractivity contribution in [1.29, 1.82) is 5.41 Å². The van der Waals surface area contributed by atoms with Crippen LogP contribution in [0.2, 0.25) is 0 Å². The minimum absolute atomic E-state index is 0.231. The Morgan fingerprint density at radius 2 is 2.00 bits per heavy atom. The smallest absolute Gasteiger partial charge is 0.384 e. The molecule has 0 fully saturated rings. The topological polar surface area (TPSA) is 53.0 Å². The molecule has 0 unspecified atom stereocenters. The Kier molecular flexibility index (Phi) is 3.93. The van der Waals surface area contributed by atoms with Crippen molar-refractivity contribution >= 4 is 22.6 Å². The fraction of sp³-hybridized carbons (Fsp3) is 0.333. The molecule has 0 aliphatic rings. The van der Waals surface area contributed by atoms with Crippen LogP contribution in [0, 0.1) is 5.41 Å². The molecule has 0 aromatic carbocycles. The molecule has 0 amide bonds. The first-order chi connectivity index (χ1) is 5.79. The molecule has 0 radical (unpaired) electrons. The summed E-state index contributed by atoms with van der Waals surface area (Å²) in [5.74, 6) is -1.19. The molecule has 2 N–H and O–H groups in total. The molecule has 0 saturated heterocycles. The summed E-state index contributed by atoms with van der Waals surface area (Å²) in [5.41, 5.74) is -1.23. The Morgan fingerprint density at radius 1 is 1.54 bits per heavy atom. The van der Waals surface area contributed by atoms with Gasteiger partial charge in [-0.1, -0.05) is 11.6 Å². The van der Waals surface area contributed by atoms with E-state index in [2.05, 4.69) is 0 Å². The van der Waals surface area contributed by atoms with Crippen LogP contribution in [0.15, 0.2) is 11.8 Å². The number of alkyl halides is 3. The maximum Gasteiger partial charge on any atom is 0.431 e. The molecule has 13 heavy (non-hydrogen) atoms. The number of ketones is 1. The fourth-order valence-electron chi connectivity index (χ4n) is 0.490. The van der Waals surface area contributed by atoms with E-state index >= 15 is 0 Å². The van der Waals surface area contributed by atoms with Crippen molar-refractivity contribution in [1.82, 2.24) is 5.32 Å². The molecule has 0 aliphatic carbocycles. The molecular formula is C6H6ClF3N2O. The monoisotopic (exact) mass is 214 g/mol. The highest BCUT2D eigenvalue weighted by Gasteiger charge is 2.33. The van der Waals surface area contributed by atoms with Gasteiger partial charge in [0.1, 0.15) is 5.70 Å². The lowest BCUT2D eigenvalue weighted by Crippen LogP contribution is -2.24. The maximum absolute atomic E-state index is 11.9. The lowest BCUT2D eigenvalue weighted by molar-refractivity contribution is -0.111. The number of allylic oxidation sites excluding steroid dienone is 2. The summed E-state index contributed by atoms with van der Waals surface area (Å²) in [6, 6.07) is 0. The van der Waals surface area contributed by atoms with Crippen LogP contribution in [0.4, 0.5) is 13.2 Å². The van der Waals surface area contributed by atoms with Crippen molar-refractivity contribution in [3.8, 4) is 0 Å². The van der Waals surface area contributed by atoms with Crippen LogP contribution in [-0.2, 0) is 4.79 Å². The highest BCUT2D eigenvalue weighted by molar-refractivity contribution is 6.83. The normalized spacial score (nSPS) is 12.5. The van der Waals surface area contributed by atoms with E-state index in [1.807, 2.05) is 0 Å². The summed E-state index contributed by atoms with van der Waals surface area (Å²) in [6.45, 7) is 0. The first-order valence-electron chi connectivity index (χ1n) is 3.04. The minimum Gasteiger partial charge on any atom is -0.384 e. The van der Waals surface area contributed by atoms with Crippen LogP contribution in [0.1, 0.15) is 0 Å². The van der Waals surface area contributed by atoms with Gasteiger partial charge in [-0.3, -0.25) is 10.2 Å². The van der Waals surface area contributed by atoms with E-state index in [9.17, 15) is 18.0 Å². The van der Waals surface area contributed by atoms with Crippen molar-refractivity contribution in [3.63, 3.8) is 0 Å². The van der Waals surface area contributed by atoms with Crippen molar-refractivity contribution in [2.45, 2.75) is 6.18 Å². The lowest BCUT2D eigenvalue weighted by Gasteiger charge is -2.09. The standard InChI is InChI=1S/C6H6ClF3N2O/c1-12-4(6(8,9)10)2-3(13)5(7)11/h2,11-12H,1H3/b4-2-,11-5?. The van der Waals surface area contributed by atoms with E-state index in [-0.39, 0.29) is 6.08 Å². The summed E-state index contributed by atoms with van der Waals surface area (Å²) < 4.78 is 35.8. The summed E-state index contributed by atoms with van der Waals surface area (Å²) in [4.78, 5) is 10.6. The van der Waals surface area contributed by atoms with Gasteiger partial charge in [0.2, 0.25) is 5.78 Å². The molecule has 0 atom stereocenters. The summed E-state index contributed by atoms with van der Waals surface area (Å²) in [5, 5.41) is 7.38. The first kappa shape index (κ1) is 12.0. The number of carbonyl (C=O) groups excluding carboxylic acids is 1. The number of rotatable bonds is 3. The largest absolute Gasteiger partial charge is 0.431 e. The van der Waals surface area contributed by atoms with Crippen LogP contribution >= 0.6 is 11.6 Å². The Labute approximate surface area is 77.1 Å². The summed E-state index contributed by atoms with van der Waals surface area (Å²) in [7, 11) is 1.02. The SMILES string of the molecule is CN/C(=C\C(=O)C(=N)Cl)C(F)(F)F. The molecule has 0 aliphatic heterocycles. The van der Waals surface area contributed by atoms with Gasteiger partial charge in [0.05, 0.1) is 0 Å². The van der Waals surface area contributed by atoms with Crippen LogP contribution in [0.25, 0.3) is 0 Å². The van der Waals surface area contributed by atoms with E-state index in [1.165, 1.54) is 0 Å². The number of halogens is 4. The average Bonchev–Trinajstić information content (AvgIpc) is 1.96. The molecule has 0 aromatic heterocycles. The molecule has 0 saturated carbocycles. The van der Waals surface area contributed by atoms with Crippen LogP contribution in [0.3, 0.4) is 0 Å². The Morgan fingerprint density at radius 3 is 2.23 bits per heavy atom. The van der Waals surface area contributed by atoms with Gasteiger partial charge in [0.15, 0.2) is 5.17 Å². The van der Waals surface area contributed by atoms with Crippen LogP contribution in [-0.4, -0.2) is 24.2 Å². The van der Waals surface area contributed by atoms with E-state index in [0.717, 1.165) is 7.05 Å². The number of hydrogen-bond donors (Lipinski definition) is 2. The van der Waals surface area contributed by atoms with Crippen molar-refractivity contribution in [2.24, 2.45) is 0 Å². The molecule has 74 valence electrons. The zero-order valence-corrected chi connectivity index (χ0v) is 7.25. The van der Waals surface area contributed by atoms with Crippen LogP contribution in [0.5, 0.6) is 0 Å². The summed E-state index contributed by atoms with van der Waals surface area (Å²) >= 11 is 4.87. The van der Waals surface area contributed by atoms with Crippen molar-refractivity contribution in [2.75, 3.05) is 7.05 Å². The molecule has 3 nitrogen and oxygen atoms in total. The molecule has 0 bridgehead atoms. The predicted octanol–water partition coefficient (Wildman–Crippen LogP) is 1.44. The third kappa shape index (κ3) is 3.93. The van der Waals surface area contributed by atoms with E-state index < -0.39 is 22.8 Å². The molecule has 7 heteroatoms. The molecular weight excluding hydrogens is 209 g/mol. The maximum atomic E-state index is 11.9. The van der Waals surface area contributed by atoms with Gasteiger partial charge in [0.25, 0.3) is 0 Å². The Bertz CT molecular complexity index is 259. The van der Waals surface area contributed by atoms with Crippen molar-refractivity contribution in [3.05, 3.63) is 11.8 Å². The predicted molar refractivity (Wildman–Crippen MR) is 41.8 cm³/mol. The van der Waals surface area contributed by atoms with Gasteiger partial charge >= 0.3 is 6.18 Å². The molecule has 0 rings (SSSR count). The number of nitrogens with one attached hydrogen (secondary N) is 2. The van der Waals surface area contributed by atoms with Gasteiger partial charge < -0.3 is 5.32 Å². The van der Waals surface area contributed by atoms with Crippen LogP contribution < -0.4 is 5.32 Å².